The molecule has 0 aliphatic heterocycles. The zero-order chi connectivity index (χ0) is 21.0. The Bertz CT molecular complexity index is 692. The minimum atomic E-state index is 0.811. The Labute approximate surface area is 185 Å². The van der Waals surface area contributed by atoms with Gasteiger partial charge in [0.1, 0.15) is 5.75 Å². The summed E-state index contributed by atoms with van der Waals surface area (Å²) in [5, 5.41) is 0. The molecule has 2 aromatic carbocycles. The van der Waals surface area contributed by atoms with E-state index >= 15 is 0 Å². The van der Waals surface area contributed by atoms with Crippen molar-refractivity contribution in [3.8, 4) is 16.9 Å². The van der Waals surface area contributed by atoms with Gasteiger partial charge in [-0.05, 0) is 59.9 Å². The lowest BCUT2D eigenvalue weighted by Crippen LogP contribution is -2.15. The van der Waals surface area contributed by atoms with Crippen molar-refractivity contribution < 1.29 is 4.74 Å². The van der Waals surface area contributed by atoms with E-state index in [-0.39, 0.29) is 0 Å². The molecular formula is C29H42O. The second-order valence-electron chi connectivity index (χ2n) is 9.34. The molecule has 0 N–H and O–H groups in total. The molecule has 1 fully saturated rings. The second-order valence-corrected chi connectivity index (χ2v) is 9.34. The van der Waals surface area contributed by atoms with Crippen molar-refractivity contribution in [2.45, 2.75) is 90.9 Å². The van der Waals surface area contributed by atoms with Crippen molar-refractivity contribution in [1.29, 1.82) is 0 Å². The summed E-state index contributed by atoms with van der Waals surface area (Å²) in [6.07, 6.45) is 16.5. The number of hydrogen-bond acceptors (Lipinski definition) is 1. The van der Waals surface area contributed by atoms with Gasteiger partial charge in [-0.15, -0.1) is 0 Å². The molecule has 2 aromatic rings. The molecule has 0 spiro atoms. The Balaban J connectivity index is 1.41. The van der Waals surface area contributed by atoms with Crippen LogP contribution < -0.4 is 4.74 Å². The highest BCUT2D eigenvalue weighted by Crippen LogP contribution is 2.34. The average molecular weight is 407 g/mol. The lowest BCUT2D eigenvalue weighted by molar-refractivity contribution is 0.249. The van der Waals surface area contributed by atoms with E-state index in [0.29, 0.717) is 0 Å². The van der Waals surface area contributed by atoms with Crippen LogP contribution in [0.3, 0.4) is 0 Å². The van der Waals surface area contributed by atoms with Gasteiger partial charge in [0, 0.05) is 0 Å². The normalized spacial score (nSPS) is 19.0. The smallest absolute Gasteiger partial charge is 0.119 e. The summed E-state index contributed by atoms with van der Waals surface area (Å²) >= 11 is 0. The van der Waals surface area contributed by atoms with Gasteiger partial charge >= 0.3 is 0 Å². The first-order valence-electron chi connectivity index (χ1n) is 12.6. The first kappa shape index (κ1) is 22.9. The fourth-order valence-corrected chi connectivity index (χ4v) is 4.80. The van der Waals surface area contributed by atoms with Crippen molar-refractivity contribution in [3.63, 3.8) is 0 Å². The molecule has 0 saturated heterocycles. The largest absolute Gasteiger partial charge is 0.494 e. The summed E-state index contributed by atoms with van der Waals surface area (Å²) < 4.78 is 5.78. The highest BCUT2D eigenvalue weighted by Gasteiger charge is 2.20. The molecule has 1 aliphatic rings. The van der Waals surface area contributed by atoms with Crippen LogP contribution >= 0.6 is 0 Å². The standard InChI is InChI=1S/C29H42O/c1-3-5-7-8-24-9-11-25(12-10-24)13-14-26-15-17-27(18-16-26)28-19-21-29(22-20-28)30-23-6-4-2/h15-22,24-25H,3-14,23H2,1-2H3. The molecule has 0 bridgehead atoms. The summed E-state index contributed by atoms with van der Waals surface area (Å²) in [4.78, 5) is 0. The van der Waals surface area contributed by atoms with E-state index in [4.69, 9.17) is 4.74 Å². The van der Waals surface area contributed by atoms with E-state index in [1.54, 1.807) is 0 Å². The quantitative estimate of drug-likeness (QED) is 0.320. The Morgan fingerprint density at radius 1 is 0.667 bits per heavy atom. The molecule has 1 nitrogen and oxygen atoms in total. The van der Waals surface area contributed by atoms with E-state index in [0.717, 1.165) is 30.6 Å². The van der Waals surface area contributed by atoms with Crippen LogP contribution in [-0.4, -0.2) is 6.61 Å². The molecule has 0 radical (unpaired) electrons. The van der Waals surface area contributed by atoms with Crippen molar-refractivity contribution in [2.24, 2.45) is 11.8 Å². The van der Waals surface area contributed by atoms with Crippen LogP contribution in [0.5, 0.6) is 5.75 Å². The minimum Gasteiger partial charge on any atom is -0.494 e. The van der Waals surface area contributed by atoms with E-state index < -0.39 is 0 Å². The maximum Gasteiger partial charge on any atom is 0.119 e. The van der Waals surface area contributed by atoms with Gasteiger partial charge in [0.15, 0.2) is 0 Å². The molecule has 0 unspecified atom stereocenters. The fraction of sp³-hybridized carbons (Fsp3) is 0.586. The monoisotopic (exact) mass is 406 g/mol. The molecule has 1 saturated carbocycles. The van der Waals surface area contributed by atoms with Crippen LogP contribution in [0, 0.1) is 11.8 Å². The highest BCUT2D eigenvalue weighted by molar-refractivity contribution is 5.64. The predicted octanol–water partition coefficient (Wildman–Crippen LogP) is 8.85. The van der Waals surface area contributed by atoms with E-state index in [2.05, 4.69) is 62.4 Å². The van der Waals surface area contributed by atoms with Gasteiger partial charge in [-0.1, -0.05) is 108 Å². The Morgan fingerprint density at radius 2 is 1.23 bits per heavy atom. The number of unbranched alkanes of at least 4 members (excludes halogenated alkanes) is 3. The van der Waals surface area contributed by atoms with Crippen LogP contribution in [0.1, 0.15) is 90.0 Å². The van der Waals surface area contributed by atoms with Crippen molar-refractivity contribution in [2.75, 3.05) is 6.61 Å². The lowest BCUT2D eigenvalue weighted by atomic mass is 9.78. The third-order valence-electron chi connectivity index (χ3n) is 6.93. The molecule has 164 valence electrons. The third kappa shape index (κ3) is 7.49. The van der Waals surface area contributed by atoms with Crippen LogP contribution in [-0.2, 0) is 6.42 Å². The van der Waals surface area contributed by atoms with Gasteiger partial charge in [0.05, 0.1) is 6.61 Å². The maximum atomic E-state index is 5.78. The summed E-state index contributed by atoms with van der Waals surface area (Å²) in [7, 11) is 0. The van der Waals surface area contributed by atoms with Gasteiger partial charge in [0.25, 0.3) is 0 Å². The number of aryl methyl sites for hydroxylation is 1. The highest BCUT2D eigenvalue weighted by atomic mass is 16.5. The molecule has 3 rings (SSSR count). The van der Waals surface area contributed by atoms with Crippen LogP contribution in [0.2, 0.25) is 0 Å². The topological polar surface area (TPSA) is 9.23 Å². The summed E-state index contributed by atoms with van der Waals surface area (Å²) in [5.41, 5.74) is 4.06. The fourth-order valence-electron chi connectivity index (χ4n) is 4.80. The van der Waals surface area contributed by atoms with E-state index in [1.165, 1.54) is 87.3 Å². The van der Waals surface area contributed by atoms with Gasteiger partial charge in [-0.25, -0.2) is 0 Å². The Morgan fingerprint density at radius 3 is 1.83 bits per heavy atom. The van der Waals surface area contributed by atoms with Crippen molar-refractivity contribution in [1.82, 2.24) is 0 Å². The van der Waals surface area contributed by atoms with Crippen LogP contribution in [0.25, 0.3) is 11.1 Å². The summed E-state index contributed by atoms with van der Waals surface area (Å²) in [6, 6.07) is 17.8. The Hall–Kier alpha value is -1.76. The third-order valence-corrected chi connectivity index (χ3v) is 6.93. The predicted molar refractivity (Wildman–Crippen MR) is 130 cm³/mol. The number of rotatable bonds is 12. The summed E-state index contributed by atoms with van der Waals surface area (Å²) in [5.74, 6) is 2.95. The molecule has 1 aliphatic carbocycles. The first-order chi connectivity index (χ1) is 14.8. The zero-order valence-electron chi connectivity index (χ0n) is 19.4. The van der Waals surface area contributed by atoms with Gasteiger partial charge < -0.3 is 4.74 Å². The second kappa shape index (κ2) is 12.8. The average Bonchev–Trinajstić information content (AvgIpc) is 2.80. The molecule has 0 atom stereocenters. The molecule has 0 amide bonds. The van der Waals surface area contributed by atoms with Gasteiger partial charge in [0.2, 0.25) is 0 Å². The molecule has 30 heavy (non-hydrogen) atoms. The lowest BCUT2D eigenvalue weighted by Gasteiger charge is -2.28. The minimum absolute atomic E-state index is 0.811. The first-order valence-corrected chi connectivity index (χ1v) is 12.6. The van der Waals surface area contributed by atoms with Crippen LogP contribution in [0.15, 0.2) is 48.5 Å². The molecule has 0 heterocycles. The van der Waals surface area contributed by atoms with Crippen molar-refractivity contribution >= 4 is 0 Å². The number of ether oxygens (including phenoxy) is 1. The number of benzene rings is 2. The molecule has 1 heteroatoms. The molecular weight excluding hydrogens is 364 g/mol. The maximum absolute atomic E-state index is 5.78. The van der Waals surface area contributed by atoms with Crippen LogP contribution in [0.4, 0.5) is 0 Å². The van der Waals surface area contributed by atoms with E-state index in [1.807, 2.05) is 0 Å². The zero-order valence-corrected chi connectivity index (χ0v) is 19.4. The van der Waals surface area contributed by atoms with Gasteiger partial charge in [-0.2, -0.15) is 0 Å². The summed E-state index contributed by atoms with van der Waals surface area (Å²) in [6.45, 7) is 5.31. The molecule has 0 aromatic heterocycles. The van der Waals surface area contributed by atoms with E-state index in [9.17, 15) is 0 Å². The van der Waals surface area contributed by atoms with Gasteiger partial charge in [-0.3, -0.25) is 0 Å². The number of hydrogen-bond donors (Lipinski definition) is 0. The van der Waals surface area contributed by atoms with Crippen molar-refractivity contribution in [3.05, 3.63) is 54.1 Å². The Kier molecular flexibility index (Phi) is 9.80. The SMILES string of the molecule is CCCCCC1CCC(CCc2ccc(-c3ccc(OCCCC)cc3)cc2)CC1.